The number of nitrogens with zero attached hydrogens (tertiary/aromatic N) is 4. The third-order valence-corrected chi connectivity index (χ3v) is 5.25. The Kier molecular flexibility index (Phi) is 5.53. The smallest absolute Gasteiger partial charge is 0.236 e. The lowest BCUT2D eigenvalue weighted by molar-refractivity contribution is -0.132. The van der Waals surface area contributed by atoms with Crippen LogP contribution in [0.5, 0.6) is 0 Å². The van der Waals surface area contributed by atoms with Crippen LogP contribution >= 0.6 is 11.6 Å². The van der Waals surface area contributed by atoms with Crippen molar-refractivity contribution in [2.45, 2.75) is 5.92 Å². The summed E-state index contributed by atoms with van der Waals surface area (Å²) in [6, 6.07) is 19.0. The first-order valence-corrected chi connectivity index (χ1v) is 9.71. The van der Waals surface area contributed by atoms with E-state index in [2.05, 4.69) is 14.9 Å². The topological polar surface area (TPSA) is 49.3 Å². The second-order valence-electron chi connectivity index (χ2n) is 6.74. The molecule has 5 nitrogen and oxygen atoms in total. The summed E-state index contributed by atoms with van der Waals surface area (Å²) in [7, 11) is 0. The van der Waals surface area contributed by atoms with Crippen LogP contribution in [-0.4, -0.2) is 47.0 Å². The highest BCUT2D eigenvalue weighted by molar-refractivity contribution is 6.30. The van der Waals surface area contributed by atoms with E-state index in [0.717, 1.165) is 30.2 Å². The zero-order valence-corrected chi connectivity index (χ0v) is 16.2. The molecule has 142 valence electrons. The molecule has 3 aromatic rings. The summed E-state index contributed by atoms with van der Waals surface area (Å²) in [6.07, 6.45) is 3.52. The molecule has 0 bridgehead atoms. The average Bonchev–Trinajstić information content (AvgIpc) is 2.77. The van der Waals surface area contributed by atoms with E-state index in [4.69, 9.17) is 11.6 Å². The molecule has 3 heterocycles. The van der Waals surface area contributed by atoms with Gasteiger partial charge in [-0.3, -0.25) is 9.78 Å². The fourth-order valence-electron chi connectivity index (χ4n) is 3.52. The van der Waals surface area contributed by atoms with E-state index in [1.165, 1.54) is 0 Å². The van der Waals surface area contributed by atoms with Crippen molar-refractivity contribution in [1.82, 2.24) is 14.9 Å². The molecule has 1 fully saturated rings. The third kappa shape index (κ3) is 3.99. The number of pyridine rings is 2. The normalized spacial score (nSPS) is 15.3. The number of aromatic nitrogens is 2. The number of anilines is 1. The molecule has 0 aliphatic carbocycles. The fourth-order valence-corrected chi connectivity index (χ4v) is 3.65. The average molecular weight is 393 g/mol. The number of rotatable bonds is 4. The van der Waals surface area contributed by atoms with E-state index in [1.807, 2.05) is 65.6 Å². The predicted molar refractivity (Wildman–Crippen MR) is 111 cm³/mol. The summed E-state index contributed by atoms with van der Waals surface area (Å²) in [4.78, 5) is 26.4. The maximum Gasteiger partial charge on any atom is 0.236 e. The number of hydrogen-bond donors (Lipinski definition) is 0. The number of carbonyl (C=O) groups excluding carboxylic acids is 1. The zero-order chi connectivity index (χ0) is 19.3. The molecule has 1 atom stereocenters. The van der Waals surface area contributed by atoms with Crippen LogP contribution in [-0.2, 0) is 4.79 Å². The quantitative estimate of drug-likeness (QED) is 0.680. The van der Waals surface area contributed by atoms with Crippen LogP contribution in [0.15, 0.2) is 73.1 Å². The molecule has 28 heavy (non-hydrogen) atoms. The lowest BCUT2D eigenvalue weighted by Gasteiger charge is -2.37. The van der Waals surface area contributed by atoms with Gasteiger partial charge in [-0.25, -0.2) is 4.98 Å². The van der Waals surface area contributed by atoms with Crippen LogP contribution in [0.3, 0.4) is 0 Å². The molecule has 4 rings (SSSR count). The number of hydrogen-bond acceptors (Lipinski definition) is 4. The first-order valence-electron chi connectivity index (χ1n) is 9.33. The Bertz CT molecular complexity index is 910. The van der Waals surface area contributed by atoms with Crippen LogP contribution in [0.1, 0.15) is 17.2 Å². The second-order valence-corrected chi connectivity index (χ2v) is 7.18. The van der Waals surface area contributed by atoms with E-state index < -0.39 is 5.92 Å². The van der Waals surface area contributed by atoms with Crippen molar-refractivity contribution in [3.05, 3.63) is 89.3 Å². The molecule has 1 saturated heterocycles. The third-order valence-electron chi connectivity index (χ3n) is 5.00. The Labute approximate surface area is 169 Å². The van der Waals surface area contributed by atoms with Crippen molar-refractivity contribution >= 4 is 23.3 Å². The van der Waals surface area contributed by atoms with Crippen molar-refractivity contribution in [1.29, 1.82) is 0 Å². The molecular formula is C22H21ClN4O. The lowest BCUT2D eigenvalue weighted by Crippen LogP contribution is -2.50. The molecule has 1 amide bonds. The van der Waals surface area contributed by atoms with E-state index in [1.54, 1.807) is 12.4 Å². The Morgan fingerprint density at radius 3 is 2.14 bits per heavy atom. The van der Waals surface area contributed by atoms with Crippen molar-refractivity contribution in [2.24, 2.45) is 0 Å². The highest BCUT2D eigenvalue weighted by Gasteiger charge is 2.30. The van der Waals surface area contributed by atoms with E-state index >= 15 is 0 Å². The van der Waals surface area contributed by atoms with E-state index in [0.29, 0.717) is 18.1 Å². The second kappa shape index (κ2) is 8.40. The fraction of sp³-hybridized carbons (Fsp3) is 0.227. The largest absolute Gasteiger partial charge is 0.353 e. The summed E-state index contributed by atoms with van der Waals surface area (Å²) in [5, 5.41) is 0.653. The highest BCUT2D eigenvalue weighted by Crippen LogP contribution is 2.27. The van der Waals surface area contributed by atoms with Crippen LogP contribution in [0.4, 0.5) is 5.82 Å². The van der Waals surface area contributed by atoms with Gasteiger partial charge in [-0.15, -0.1) is 0 Å². The Morgan fingerprint density at radius 1 is 0.857 bits per heavy atom. The van der Waals surface area contributed by atoms with Gasteiger partial charge in [-0.05, 0) is 42.0 Å². The minimum absolute atomic E-state index is 0.0710. The summed E-state index contributed by atoms with van der Waals surface area (Å²) < 4.78 is 0. The van der Waals surface area contributed by atoms with Crippen LogP contribution in [0, 0.1) is 0 Å². The number of amides is 1. The number of piperazine rings is 1. The van der Waals surface area contributed by atoms with E-state index in [-0.39, 0.29) is 5.91 Å². The van der Waals surface area contributed by atoms with Crippen molar-refractivity contribution < 1.29 is 4.79 Å². The van der Waals surface area contributed by atoms with Crippen molar-refractivity contribution in [3.8, 4) is 0 Å². The van der Waals surface area contributed by atoms with Crippen LogP contribution in [0.2, 0.25) is 5.02 Å². The van der Waals surface area contributed by atoms with Gasteiger partial charge < -0.3 is 9.80 Å². The molecule has 2 aromatic heterocycles. The molecule has 0 N–H and O–H groups in total. The highest BCUT2D eigenvalue weighted by atomic mass is 35.5. The van der Waals surface area contributed by atoms with Gasteiger partial charge in [-0.2, -0.15) is 0 Å². The van der Waals surface area contributed by atoms with Gasteiger partial charge in [0, 0.05) is 43.6 Å². The minimum atomic E-state index is -0.431. The monoisotopic (exact) mass is 392 g/mol. The maximum atomic E-state index is 13.4. The Hall–Kier alpha value is -2.92. The zero-order valence-electron chi connectivity index (χ0n) is 15.4. The predicted octanol–water partition coefficient (Wildman–Crippen LogP) is 3.61. The first-order chi connectivity index (χ1) is 13.7. The molecule has 1 aliphatic heterocycles. The molecular weight excluding hydrogens is 372 g/mol. The van der Waals surface area contributed by atoms with Gasteiger partial charge in [0.25, 0.3) is 0 Å². The van der Waals surface area contributed by atoms with Crippen molar-refractivity contribution in [2.75, 3.05) is 31.1 Å². The molecule has 1 unspecified atom stereocenters. The number of benzene rings is 1. The molecule has 0 spiro atoms. The minimum Gasteiger partial charge on any atom is -0.353 e. The molecule has 6 heteroatoms. The van der Waals surface area contributed by atoms with Gasteiger partial charge in [-0.1, -0.05) is 35.9 Å². The first kappa shape index (κ1) is 18.4. The van der Waals surface area contributed by atoms with E-state index in [9.17, 15) is 4.79 Å². The standard InChI is InChI=1S/C22H21ClN4O/c23-18-9-7-17(8-10-18)21(19-5-1-3-11-24-19)22(28)27-15-13-26(14-16-27)20-6-2-4-12-25-20/h1-12,21H,13-16H2. The maximum absolute atomic E-state index is 13.4. The molecule has 1 aromatic carbocycles. The Balaban J connectivity index is 1.54. The summed E-state index contributed by atoms with van der Waals surface area (Å²) >= 11 is 6.04. The van der Waals surface area contributed by atoms with Gasteiger partial charge in [0.15, 0.2) is 0 Å². The molecule has 0 saturated carbocycles. The summed E-state index contributed by atoms with van der Waals surface area (Å²) in [5.74, 6) is 0.593. The van der Waals surface area contributed by atoms with Crippen LogP contribution < -0.4 is 4.90 Å². The van der Waals surface area contributed by atoms with Crippen molar-refractivity contribution in [3.63, 3.8) is 0 Å². The van der Waals surface area contributed by atoms with Gasteiger partial charge in [0.2, 0.25) is 5.91 Å². The Morgan fingerprint density at radius 2 is 1.54 bits per heavy atom. The van der Waals surface area contributed by atoms with Gasteiger partial charge in [0.1, 0.15) is 11.7 Å². The van der Waals surface area contributed by atoms with Gasteiger partial charge >= 0.3 is 0 Å². The van der Waals surface area contributed by atoms with Gasteiger partial charge in [0.05, 0.1) is 5.69 Å². The van der Waals surface area contributed by atoms with Crippen LogP contribution in [0.25, 0.3) is 0 Å². The summed E-state index contributed by atoms with van der Waals surface area (Å²) in [6.45, 7) is 2.84. The molecule has 0 radical (unpaired) electrons. The number of carbonyl (C=O) groups is 1. The summed E-state index contributed by atoms with van der Waals surface area (Å²) in [5.41, 5.74) is 1.65. The SMILES string of the molecule is O=C(C(c1ccc(Cl)cc1)c1ccccn1)N1CCN(c2ccccn2)CC1. The lowest BCUT2D eigenvalue weighted by atomic mass is 9.93. The number of halogens is 1. The molecule has 1 aliphatic rings.